The molecule has 23 heavy (non-hydrogen) atoms. The van der Waals surface area contributed by atoms with E-state index in [1.54, 1.807) is 12.1 Å². The summed E-state index contributed by atoms with van der Waals surface area (Å²) in [5.74, 6) is 0. The third kappa shape index (κ3) is 5.98. The Morgan fingerprint density at radius 3 is 2.65 bits per heavy atom. The molecule has 0 radical (unpaired) electrons. The second kappa shape index (κ2) is 8.06. The summed E-state index contributed by atoms with van der Waals surface area (Å²) in [6.07, 6.45) is 1.41. The van der Waals surface area contributed by atoms with Crippen molar-refractivity contribution in [1.82, 2.24) is 9.36 Å². The van der Waals surface area contributed by atoms with E-state index < -0.39 is 10.4 Å². The number of nitrogens with zero attached hydrogens (tertiary/aromatic N) is 5. The van der Waals surface area contributed by atoms with Crippen molar-refractivity contribution in [2.45, 2.75) is 6.92 Å². The van der Waals surface area contributed by atoms with Crippen molar-refractivity contribution >= 4 is 38.4 Å². The highest BCUT2D eigenvalue weighted by Gasteiger charge is 2.05. The quantitative estimate of drug-likeness (QED) is 0.404. The Morgan fingerprint density at radius 1 is 1.35 bits per heavy atom. The average molecular weight is 357 g/mol. The SMILES string of the molecule is CCN(CCOS(=O)(=O)[O-])c1ccc(N=Nc2ncns2)cc1.[H+]. The minimum Gasteiger partial charge on any atom is -0.726 e. The van der Waals surface area contributed by atoms with Gasteiger partial charge in [0, 0.05) is 30.3 Å². The van der Waals surface area contributed by atoms with Crippen molar-refractivity contribution in [1.29, 1.82) is 0 Å². The molecule has 0 saturated heterocycles. The van der Waals surface area contributed by atoms with E-state index in [1.807, 2.05) is 24.0 Å². The van der Waals surface area contributed by atoms with Gasteiger partial charge in [-0.3, -0.25) is 4.18 Å². The number of hydrogen-bond donors (Lipinski definition) is 0. The van der Waals surface area contributed by atoms with Crippen LogP contribution in [0.3, 0.4) is 0 Å². The van der Waals surface area contributed by atoms with Crippen molar-refractivity contribution < 1.29 is 18.6 Å². The largest absolute Gasteiger partial charge is 1.00 e. The molecular formula is C12H15N5O4S2. The van der Waals surface area contributed by atoms with Crippen LogP contribution < -0.4 is 4.90 Å². The second-order valence-corrected chi connectivity index (χ2v) is 6.06. The van der Waals surface area contributed by atoms with E-state index in [4.69, 9.17) is 0 Å². The Labute approximate surface area is 139 Å². The topological polar surface area (TPSA) is 120 Å². The van der Waals surface area contributed by atoms with Gasteiger partial charge in [-0.15, -0.1) is 10.2 Å². The number of benzene rings is 1. The minimum absolute atomic E-state index is 0. The maximum absolute atomic E-state index is 10.4. The molecule has 1 aromatic carbocycles. The van der Waals surface area contributed by atoms with E-state index in [9.17, 15) is 13.0 Å². The monoisotopic (exact) mass is 357 g/mol. The smallest absolute Gasteiger partial charge is 0.726 e. The maximum atomic E-state index is 10.4. The molecule has 2 rings (SSSR count). The van der Waals surface area contributed by atoms with E-state index in [2.05, 4.69) is 23.8 Å². The zero-order chi connectivity index (χ0) is 16.7. The number of hydrogen-bond acceptors (Lipinski definition) is 10. The summed E-state index contributed by atoms with van der Waals surface area (Å²) in [7, 11) is -4.66. The van der Waals surface area contributed by atoms with Gasteiger partial charge in [-0.05, 0) is 31.2 Å². The number of azo groups is 1. The van der Waals surface area contributed by atoms with Gasteiger partial charge < -0.3 is 9.45 Å². The van der Waals surface area contributed by atoms with Gasteiger partial charge in [-0.25, -0.2) is 13.4 Å². The average Bonchev–Trinajstić information content (AvgIpc) is 3.03. The van der Waals surface area contributed by atoms with Crippen LogP contribution >= 0.6 is 11.5 Å². The van der Waals surface area contributed by atoms with Crippen molar-refractivity contribution in [3.8, 4) is 0 Å². The van der Waals surface area contributed by atoms with Crippen LogP contribution in [0.5, 0.6) is 0 Å². The highest BCUT2D eigenvalue weighted by atomic mass is 32.3. The Kier molecular flexibility index (Phi) is 6.10. The molecule has 0 aliphatic heterocycles. The molecular weight excluding hydrogens is 342 g/mol. The normalized spacial score (nSPS) is 11.9. The van der Waals surface area contributed by atoms with Crippen molar-refractivity contribution in [3.05, 3.63) is 30.6 Å². The van der Waals surface area contributed by atoms with Crippen LogP contribution in [0.2, 0.25) is 0 Å². The molecule has 0 bridgehead atoms. The fourth-order valence-electron chi connectivity index (χ4n) is 1.76. The molecule has 0 spiro atoms. The van der Waals surface area contributed by atoms with Gasteiger partial charge in [0.05, 0.1) is 12.3 Å². The summed E-state index contributed by atoms with van der Waals surface area (Å²) in [6.45, 7) is 2.63. The van der Waals surface area contributed by atoms with E-state index in [0.717, 1.165) is 17.2 Å². The Morgan fingerprint density at radius 2 is 2.09 bits per heavy atom. The molecule has 1 aromatic heterocycles. The lowest BCUT2D eigenvalue weighted by Crippen LogP contribution is -2.27. The van der Waals surface area contributed by atoms with E-state index >= 15 is 0 Å². The van der Waals surface area contributed by atoms with Gasteiger partial charge in [-0.2, -0.15) is 4.37 Å². The van der Waals surface area contributed by atoms with Gasteiger partial charge in [0.15, 0.2) is 0 Å². The number of rotatable bonds is 8. The number of anilines is 1. The molecule has 1 heterocycles. The van der Waals surface area contributed by atoms with Gasteiger partial charge in [-0.1, -0.05) is 0 Å². The number of aromatic nitrogens is 2. The first kappa shape index (κ1) is 17.4. The lowest BCUT2D eigenvalue weighted by molar-refractivity contribution is 0.266. The van der Waals surface area contributed by atoms with Gasteiger partial charge in [0.2, 0.25) is 15.5 Å². The fourth-order valence-corrected chi connectivity index (χ4v) is 2.40. The molecule has 2 aromatic rings. The van der Waals surface area contributed by atoms with Crippen LogP contribution in [0.15, 0.2) is 40.8 Å². The molecule has 0 atom stereocenters. The zero-order valence-corrected chi connectivity index (χ0v) is 13.8. The van der Waals surface area contributed by atoms with E-state index in [1.165, 1.54) is 6.33 Å². The first-order valence-electron chi connectivity index (χ1n) is 6.61. The van der Waals surface area contributed by atoms with Crippen LogP contribution in [0.25, 0.3) is 0 Å². The highest BCUT2D eigenvalue weighted by Crippen LogP contribution is 2.22. The van der Waals surface area contributed by atoms with Gasteiger partial charge in [0.1, 0.15) is 6.33 Å². The van der Waals surface area contributed by atoms with Crippen LogP contribution in [-0.2, 0) is 14.6 Å². The third-order valence-electron chi connectivity index (χ3n) is 2.79. The summed E-state index contributed by atoms with van der Waals surface area (Å²) < 4.78 is 39.3. The fraction of sp³-hybridized carbons (Fsp3) is 0.333. The molecule has 0 unspecified atom stereocenters. The Bertz CT molecular complexity index is 737. The molecule has 9 nitrogen and oxygen atoms in total. The standard InChI is InChI=1S/C12H15N5O4S2/c1-2-17(7-8-21-23(18,19)20)11-5-3-10(4-6-11)15-16-12-13-9-14-22-12/h3-6,9H,2,7-8H2,1H3,(H,18,19,20). The van der Waals surface area contributed by atoms with Crippen molar-refractivity contribution in [3.63, 3.8) is 0 Å². The highest BCUT2D eigenvalue weighted by molar-refractivity contribution is 7.80. The summed E-state index contributed by atoms with van der Waals surface area (Å²) in [5.41, 5.74) is 1.51. The maximum Gasteiger partial charge on any atom is 1.00 e. The first-order chi connectivity index (χ1) is 11.0. The predicted molar refractivity (Wildman–Crippen MR) is 85.2 cm³/mol. The minimum atomic E-state index is -4.66. The van der Waals surface area contributed by atoms with Crippen molar-refractivity contribution in [2.24, 2.45) is 10.2 Å². The summed E-state index contributed by atoms with van der Waals surface area (Å²) in [4.78, 5) is 5.77. The van der Waals surface area contributed by atoms with Crippen LogP contribution in [0, 0.1) is 0 Å². The van der Waals surface area contributed by atoms with E-state index in [-0.39, 0.29) is 14.6 Å². The molecule has 0 fully saturated rings. The summed E-state index contributed by atoms with van der Waals surface area (Å²) in [6, 6.07) is 7.19. The van der Waals surface area contributed by atoms with Gasteiger partial charge >= 0.3 is 1.43 Å². The summed E-state index contributed by atoms with van der Waals surface area (Å²) in [5, 5.41) is 8.45. The lowest BCUT2D eigenvalue weighted by Gasteiger charge is -2.23. The predicted octanol–water partition coefficient (Wildman–Crippen LogP) is 2.37. The molecule has 0 N–H and O–H groups in total. The zero-order valence-electron chi connectivity index (χ0n) is 13.2. The van der Waals surface area contributed by atoms with Crippen molar-refractivity contribution in [2.75, 3.05) is 24.6 Å². The second-order valence-electron chi connectivity index (χ2n) is 4.25. The molecule has 0 amide bonds. The first-order valence-corrected chi connectivity index (χ1v) is 8.72. The third-order valence-corrected chi connectivity index (χ3v) is 3.79. The van der Waals surface area contributed by atoms with Gasteiger partial charge in [0.25, 0.3) is 0 Å². The molecule has 0 aliphatic rings. The molecule has 0 aliphatic carbocycles. The van der Waals surface area contributed by atoms with Crippen LogP contribution in [0.1, 0.15) is 8.35 Å². The van der Waals surface area contributed by atoms with Crippen LogP contribution in [-0.4, -0.2) is 42.0 Å². The van der Waals surface area contributed by atoms with E-state index in [0.29, 0.717) is 17.4 Å². The Balaban J connectivity index is 0.00000288. The van der Waals surface area contributed by atoms with Crippen LogP contribution in [0.4, 0.5) is 16.5 Å². The molecule has 0 saturated carbocycles. The Hall–Kier alpha value is -1.95. The number of likely N-dealkylation sites (N-methyl/N-ethyl adjacent to an activating group) is 1. The molecule has 11 heteroatoms. The summed E-state index contributed by atoms with van der Waals surface area (Å²) >= 11 is 1.15. The lowest BCUT2D eigenvalue weighted by atomic mass is 10.2. The molecule has 124 valence electrons.